The first-order valence-electron chi connectivity index (χ1n) is 5.70. The van der Waals surface area contributed by atoms with Gasteiger partial charge in [-0.15, -0.1) is 0 Å². The van der Waals surface area contributed by atoms with Crippen LogP contribution in [0.15, 0.2) is 24.3 Å². The standard InChI is InChI=1S/C13H19NO2/c1-13(2,15)10-14-7-8-16-12-6-4-3-5-11(12)9-14/h3-6,15H,7-10H2,1-2H3. The summed E-state index contributed by atoms with van der Waals surface area (Å²) >= 11 is 0. The summed E-state index contributed by atoms with van der Waals surface area (Å²) in [5, 5.41) is 9.83. The predicted octanol–water partition coefficient (Wildman–Crippen LogP) is 1.65. The molecule has 0 unspecified atom stereocenters. The van der Waals surface area contributed by atoms with Crippen LogP contribution in [0.4, 0.5) is 0 Å². The first-order valence-corrected chi connectivity index (χ1v) is 5.70. The van der Waals surface area contributed by atoms with Crippen molar-refractivity contribution in [2.75, 3.05) is 19.7 Å². The Labute approximate surface area is 96.6 Å². The normalized spacial score (nSPS) is 17.4. The molecule has 0 bridgehead atoms. The number of fused-ring (bicyclic) bond motifs is 1. The van der Waals surface area contributed by atoms with Crippen LogP contribution >= 0.6 is 0 Å². The van der Waals surface area contributed by atoms with E-state index in [1.165, 1.54) is 5.56 Å². The smallest absolute Gasteiger partial charge is 0.123 e. The highest BCUT2D eigenvalue weighted by atomic mass is 16.5. The van der Waals surface area contributed by atoms with Crippen LogP contribution in [0, 0.1) is 0 Å². The van der Waals surface area contributed by atoms with E-state index in [2.05, 4.69) is 11.0 Å². The number of nitrogens with zero attached hydrogens (tertiary/aromatic N) is 1. The molecule has 0 atom stereocenters. The number of benzene rings is 1. The largest absolute Gasteiger partial charge is 0.492 e. The highest BCUT2D eigenvalue weighted by Crippen LogP contribution is 2.23. The average Bonchev–Trinajstić information content (AvgIpc) is 2.36. The summed E-state index contributed by atoms with van der Waals surface area (Å²) < 4.78 is 5.67. The second kappa shape index (κ2) is 4.44. The number of hydrogen-bond acceptors (Lipinski definition) is 3. The van der Waals surface area contributed by atoms with Gasteiger partial charge in [-0.3, -0.25) is 4.90 Å². The van der Waals surface area contributed by atoms with E-state index in [0.29, 0.717) is 13.2 Å². The maximum absolute atomic E-state index is 9.83. The number of aliphatic hydroxyl groups is 1. The SMILES string of the molecule is CC(C)(O)CN1CCOc2ccccc2C1. The zero-order chi connectivity index (χ0) is 11.6. The Morgan fingerprint density at radius 2 is 2.12 bits per heavy atom. The molecule has 1 N–H and O–H groups in total. The lowest BCUT2D eigenvalue weighted by molar-refractivity contribution is 0.0321. The van der Waals surface area contributed by atoms with Crippen LogP contribution in [-0.4, -0.2) is 35.3 Å². The fourth-order valence-corrected chi connectivity index (χ4v) is 2.06. The van der Waals surface area contributed by atoms with Crippen LogP contribution in [0.2, 0.25) is 0 Å². The van der Waals surface area contributed by atoms with E-state index in [1.54, 1.807) is 0 Å². The Kier molecular flexibility index (Phi) is 3.17. The zero-order valence-electron chi connectivity index (χ0n) is 9.94. The molecule has 0 spiro atoms. The van der Waals surface area contributed by atoms with Gasteiger partial charge in [-0.2, -0.15) is 0 Å². The van der Waals surface area contributed by atoms with E-state index in [9.17, 15) is 5.11 Å². The summed E-state index contributed by atoms with van der Waals surface area (Å²) in [5.74, 6) is 0.973. The fraction of sp³-hybridized carbons (Fsp3) is 0.538. The molecule has 0 fully saturated rings. The van der Waals surface area contributed by atoms with Crippen molar-refractivity contribution < 1.29 is 9.84 Å². The van der Waals surface area contributed by atoms with Crippen LogP contribution in [0.25, 0.3) is 0 Å². The van der Waals surface area contributed by atoms with Crippen molar-refractivity contribution in [3.63, 3.8) is 0 Å². The first-order chi connectivity index (χ1) is 7.54. The summed E-state index contributed by atoms with van der Waals surface area (Å²) in [6, 6.07) is 8.10. The van der Waals surface area contributed by atoms with Crippen molar-refractivity contribution in [2.24, 2.45) is 0 Å². The van der Waals surface area contributed by atoms with E-state index in [4.69, 9.17) is 4.74 Å². The van der Waals surface area contributed by atoms with E-state index < -0.39 is 5.60 Å². The Balaban J connectivity index is 2.11. The minimum atomic E-state index is -0.653. The molecule has 1 aromatic carbocycles. The predicted molar refractivity (Wildman–Crippen MR) is 63.5 cm³/mol. The molecular weight excluding hydrogens is 202 g/mol. The van der Waals surface area contributed by atoms with Crippen LogP contribution in [0.3, 0.4) is 0 Å². The number of rotatable bonds is 2. The fourth-order valence-electron chi connectivity index (χ4n) is 2.06. The van der Waals surface area contributed by atoms with E-state index in [-0.39, 0.29) is 0 Å². The van der Waals surface area contributed by atoms with Gasteiger partial charge in [0.15, 0.2) is 0 Å². The summed E-state index contributed by atoms with van der Waals surface area (Å²) in [4.78, 5) is 2.23. The van der Waals surface area contributed by atoms with E-state index in [0.717, 1.165) is 18.8 Å². The number of para-hydroxylation sites is 1. The first kappa shape index (κ1) is 11.4. The molecule has 0 amide bonds. The molecular formula is C13H19NO2. The van der Waals surface area contributed by atoms with Gasteiger partial charge in [-0.1, -0.05) is 18.2 Å². The monoisotopic (exact) mass is 221 g/mol. The number of hydrogen-bond donors (Lipinski definition) is 1. The quantitative estimate of drug-likeness (QED) is 0.824. The van der Waals surface area contributed by atoms with E-state index in [1.807, 2.05) is 32.0 Å². The summed E-state index contributed by atoms with van der Waals surface area (Å²) in [7, 11) is 0. The third-order valence-electron chi connectivity index (χ3n) is 2.64. The Morgan fingerprint density at radius 1 is 1.38 bits per heavy atom. The lowest BCUT2D eigenvalue weighted by Crippen LogP contribution is -2.39. The molecule has 1 aromatic rings. The van der Waals surface area contributed by atoms with Gasteiger partial charge in [0.1, 0.15) is 12.4 Å². The molecule has 2 rings (SSSR count). The Morgan fingerprint density at radius 3 is 2.88 bits per heavy atom. The van der Waals surface area contributed by atoms with Crippen molar-refractivity contribution in [1.29, 1.82) is 0 Å². The maximum Gasteiger partial charge on any atom is 0.123 e. The van der Waals surface area contributed by atoms with Gasteiger partial charge in [0.2, 0.25) is 0 Å². The van der Waals surface area contributed by atoms with Gasteiger partial charge in [-0.25, -0.2) is 0 Å². The third kappa shape index (κ3) is 2.97. The molecule has 3 nitrogen and oxygen atoms in total. The van der Waals surface area contributed by atoms with E-state index >= 15 is 0 Å². The lowest BCUT2D eigenvalue weighted by atomic mass is 10.1. The van der Waals surface area contributed by atoms with Crippen LogP contribution in [-0.2, 0) is 6.54 Å². The summed E-state index contributed by atoms with van der Waals surface area (Å²) in [6.07, 6.45) is 0. The molecule has 1 aliphatic heterocycles. The third-order valence-corrected chi connectivity index (χ3v) is 2.64. The van der Waals surface area contributed by atoms with Gasteiger partial charge in [-0.05, 0) is 19.9 Å². The molecule has 16 heavy (non-hydrogen) atoms. The molecule has 0 radical (unpaired) electrons. The van der Waals surface area contributed by atoms with Gasteiger partial charge in [0, 0.05) is 25.2 Å². The minimum Gasteiger partial charge on any atom is -0.492 e. The van der Waals surface area contributed by atoms with Crippen molar-refractivity contribution in [3.8, 4) is 5.75 Å². The topological polar surface area (TPSA) is 32.7 Å². The number of ether oxygens (including phenoxy) is 1. The van der Waals surface area contributed by atoms with Crippen molar-refractivity contribution in [2.45, 2.75) is 26.0 Å². The van der Waals surface area contributed by atoms with Crippen LogP contribution in [0.1, 0.15) is 19.4 Å². The minimum absolute atomic E-state index is 0.653. The van der Waals surface area contributed by atoms with Gasteiger partial charge in [0.05, 0.1) is 5.60 Å². The van der Waals surface area contributed by atoms with Crippen LogP contribution < -0.4 is 4.74 Å². The molecule has 1 aliphatic rings. The van der Waals surface area contributed by atoms with Gasteiger partial charge < -0.3 is 9.84 Å². The molecule has 1 heterocycles. The molecule has 0 saturated carbocycles. The van der Waals surface area contributed by atoms with Gasteiger partial charge >= 0.3 is 0 Å². The second-order valence-corrected chi connectivity index (χ2v) is 4.98. The van der Waals surface area contributed by atoms with Crippen molar-refractivity contribution in [1.82, 2.24) is 4.90 Å². The molecule has 3 heteroatoms. The highest BCUT2D eigenvalue weighted by Gasteiger charge is 2.21. The van der Waals surface area contributed by atoms with Crippen LogP contribution in [0.5, 0.6) is 5.75 Å². The second-order valence-electron chi connectivity index (χ2n) is 4.98. The molecule has 0 aliphatic carbocycles. The summed E-state index contributed by atoms with van der Waals surface area (Å²) in [5.41, 5.74) is 0.545. The Hall–Kier alpha value is -1.06. The zero-order valence-corrected chi connectivity index (χ0v) is 9.94. The highest BCUT2D eigenvalue weighted by molar-refractivity contribution is 5.33. The van der Waals surface area contributed by atoms with Gasteiger partial charge in [0.25, 0.3) is 0 Å². The number of β-amino-alcohol motifs (C(OH)–C–C–N with tert-alkyl or cyclic N) is 1. The summed E-state index contributed by atoms with van der Waals surface area (Å²) in [6.45, 7) is 6.74. The lowest BCUT2D eigenvalue weighted by Gasteiger charge is -2.27. The molecule has 0 aromatic heterocycles. The molecule has 0 saturated heterocycles. The Bertz CT molecular complexity index is 357. The average molecular weight is 221 g/mol. The van der Waals surface area contributed by atoms with Crippen molar-refractivity contribution >= 4 is 0 Å². The molecule has 88 valence electrons. The van der Waals surface area contributed by atoms with Crippen molar-refractivity contribution in [3.05, 3.63) is 29.8 Å². The maximum atomic E-state index is 9.83.